The van der Waals surface area contributed by atoms with Gasteiger partial charge in [0.05, 0.1) is 17.6 Å². The zero-order valence-electron chi connectivity index (χ0n) is 18.8. The third-order valence-corrected chi connectivity index (χ3v) is 7.01. The number of halogens is 3. The summed E-state index contributed by atoms with van der Waals surface area (Å²) in [6.45, 7) is 4.19. The number of fused-ring (bicyclic) bond motifs is 1. The third-order valence-electron chi connectivity index (χ3n) is 7.01. The Balaban J connectivity index is 1.06. The topological polar surface area (TPSA) is 76.2 Å². The van der Waals surface area contributed by atoms with E-state index in [0.717, 1.165) is 69.7 Å². The monoisotopic (exact) mass is 475 g/mol. The summed E-state index contributed by atoms with van der Waals surface area (Å²) in [6.07, 6.45) is 4.60. The average Bonchev–Trinajstić information content (AvgIpc) is 3.20. The summed E-state index contributed by atoms with van der Waals surface area (Å²) in [4.78, 5) is 18.8. The summed E-state index contributed by atoms with van der Waals surface area (Å²) in [5.74, 6) is 0.827. The maximum Gasteiger partial charge on any atom is 0.416 e. The molecule has 182 valence electrons. The van der Waals surface area contributed by atoms with Crippen LogP contribution in [-0.4, -0.2) is 51.7 Å². The molecule has 34 heavy (non-hydrogen) atoms. The zero-order chi connectivity index (χ0) is 23.7. The van der Waals surface area contributed by atoms with Gasteiger partial charge in [-0.2, -0.15) is 13.2 Å². The molecule has 10 heteroatoms. The Morgan fingerprint density at radius 3 is 2.79 bits per heavy atom. The van der Waals surface area contributed by atoms with E-state index in [1.165, 1.54) is 6.07 Å². The Labute approximate surface area is 195 Å². The zero-order valence-corrected chi connectivity index (χ0v) is 18.8. The molecule has 1 aliphatic heterocycles. The fraction of sp³-hybridized carbons (Fsp3) is 0.542. The molecule has 5 rings (SSSR count). The van der Waals surface area contributed by atoms with Crippen LogP contribution in [0.15, 0.2) is 41.4 Å². The molecule has 0 spiro atoms. The van der Waals surface area contributed by atoms with Crippen LogP contribution in [0.25, 0.3) is 11.0 Å². The lowest BCUT2D eigenvalue weighted by atomic mass is 9.91. The molecule has 7 nitrogen and oxygen atoms in total. The Bertz CT molecular complexity index is 1120. The molecule has 2 aromatic heterocycles. The number of hydrogen-bond acceptors (Lipinski definition) is 5. The Kier molecular flexibility index (Phi) is 6.33. The van der Waals surface area contributed by atoms with Crippen LogP contribution in [0, 0.1) is 11.8 Å². The van der Waals surface area contributed by atoms with Crippen LogP contribution in [0.3, 0.4) is 0 Å². The van der Waals surface area contributed by atoms with Crippen molar-refractivity contribution in [1.82, 2.24) is 24.9 Å². The predicted molar refractivity (Wildman–Crippen MR) is 119 cm³/mol. The first kappa shape index (κ1) is 22.9. The maximum absolute atomic E-state index is 12.9. The molecule has 2 aliphatic rings. The fourth-order valence-corrected chi connectivity index (χ4v) is 4.94. The van der Waals surface area contributed by atoms with Crippen LogP contribution >= 0.6 is 0 Å². The summed E-state index contributed by atoms with van der Waals surface area (Å²) in [5, 5.41) is 7.82. The molecule has 3 heterocycles. The van der Waals surface area contributed by atoms with Crippen LogP contribution < -0.4 is 5.32 Å². The van der Waals surface area contributed by atoms with E-state index >= 15 is 0 Å². The molecule has 1 saturated carbocycles. The molecule has 3 aromatic rings. The molecule has 1 aliphatic carbocycles. The summed E-state index contributed by atoms with van der Waals surface area (Å²) >= 11 is 0. The van der Waals surface area contributed by atoms with E-state index in [1.54, 1.807) is 12.5 Å². The first-order valence-corrected chi connectivity index (χ1v) is 11.8. The van der Waals surface area contributed by atoms with Gasteiger partial charge in [0.2, 0.25) is 5.91 Å². The van der Waals surface area contributed by atoms with Gasteiger partial charge in [-0.25, -0.2) is 4.98 Å². The Hall–Kier alpha value is -2.88. The molecule has 0 bridgehead atoms. The minimum atomic E-state index is -4.40. The van der Waals surface area contributed by atoms with Crippen molar-refractivity contribution < 1.29 is 22.5 Å². The van der Waals surface area contributed by atoms with Crippen molar-refractivity contribution in [1.29, 1.82) is 0 Å². The number of amides is 1. The summed E-state index contributed by atoms with van der Waals surface area (Å²) < 4.78 is 46.1. The molecule has 1 saturated heterocycles. The Morgan fingerprint density at radius 2 is 2.06 bits per heavy atom. The van der Waals surface area contributed by atoms with Gasteiger partial charge in [0.15, 0.2) is 5.58 Å². The van der Waals surface area contributed by atoms with Crippen LogP contribution in [0.4, 0.5) is 13.2 Å². The number of likely N-dealkylation sites (tertiary alicyclic amines) is 1. The van der Waals surface area contributed by atoms with Crippen molar-refractivity contribution in [2.24, 2.45) is 11.8 Å². The van der Waals surface area contributed by atoms with Gasteiger partial charge in [0.1, 0.15) is 0 Å². The van der Waals surface area contributed by atoms with Gasteiger partial charge in [-0.05, 0) is 62.9 Å². The highest BCUT2D eigenvalue weighted by molar-refractivity contribution is 5.81. The van der Waals surface area contributed by atoms with Crippen LogP contribution in [0.5, 0.6) is 0 Å². The molecule has 2 fully saturated rings. The van der Waals surface area contributed by atoms with Crippen molar-refractivity contribution in [3.8, 4) is 0 Å². The van der Waals surface area contributed by atoms with Crippen molar-refractivity contribution in [3.63, 3.8) is 0 Å². The highest BCUT2D eigenvalue weighted by atomic mass is 19.4. The van der Waals surface area contributed by atoms with E-state index in [9.17, 15) is 18.0 Å². The van der Waals surface area contributed by atoms with E-state index in [4.69, 9.17) is 4.52 Å². The highest BCUT2D eigenvalue weighted by Gasteiger charge is 2.43. The summed E-state index contributed by atoms with van der Waals surface area (Å²) in [6, 6.07) is 3.59. The van der Waals surface area contributed by atoms with Gasteiger partial charge >= 0.3 is 6.18 Å². The number of carbonyl (C=O) groups excluding carboxylic acids is 1. The quantitative estimate of drug-likeness (QED) is 0.497. The first-order valence-electron chi connectivity index (χ1n) is 11.8. The number of carbonyl (C=O) groups is 1. The number of aryl methyl sites for hydroxylation is 1. The molecular formula is C24H28F3N5O2. The van der Waals surface area contributed by atoms with Crippen molar-refractivity contribution in [3.05, 3.63) is 48.2 Å². The van der Waals surface area contributed by atoms with Crippen molar-refractivity contribution in [2.45, 2.75) is 44.3 Å². The second kappa shape index (κ2) is 9.40. The maximum atomic E-state index is 12.9. The van der Waals surface area contributed by atoms with Crippen LogP contribution in [0.1, 0.15) is 42.9 Å². The second-order valence-electron chi connectivity index (χ2n) is 9.40. The first-order chi connectivity index (χ1) is 16.4. The number of benzene rings is 1. The van der Waals surface area contributed by atoms with Crippen LogP contribution in [0.2, 0.25) is 0 Å². The van der Waals surface area contributed by atoms with Gasteiger partial charge < -0.3 is 19.3 Å². The number of alkyl halides is 3. The van der Waals surface area contributed by atoms with Gasteiger partial charge in [-0.3, -0.25) is 4.79 Å². The molecular weight excluding hydrogens is 447 g/mol. The standard InChI is InChI=1S/C24H28F3N5O2/c25-24(26,27)18-2-3-19-21(13-18)34-30-22(19)16-4-9-31(10-5-16)14-17-12-20(17)23(33)29-6-1-8-32-11-7-28-15-32/h2-3,7,11,13,15-17,20H,1,4-6,8-10,12,14H2,(H,29,33)/t17?,20-/m1/s1. The second-order valence-corrected chi connectivity index (χ2v) is 9.40. The number of piperidine rings is 1. The molecule has 1 N–H and O–H groups in total. The van der Waals surface area contributed by atoms with Gasteiger partial charge in [-0.1, -0.05) is 5.16 Å². The van der Waals surface area contributed by atoms with Gasteiger partial charge in [-0.15, -0.1) is 0 Å². The van der Waals surface area contributed by atoms with E-state index in [0.29, 0.717) is 17.8 Å². The Morgan fingerprint density at radius 1 is 1.24 bits per heavy atom. The predicted octanol–water partition coefficient (Wildman–Crippen LogP) is 4.07. The number of rotatable bonds is 8. The molecule has 1 amide bonds. The largest absolute Gasteiger partial charge is 0.416 e. The SMILES string of the molecule is O=C(NCCCn1ccnc1)[C@@H]1CC1CN1CCC(c2noc3cc(C(F)(F)F)ccc23)CC1. The lowest BCUT2D eigenvalue weighted by molar-refractivity contribution is -0.137. The van der Waals surface area contributed by atoms with Crippen molar-refractivity contribution >= 4 is 16.9 Å². The smallest absolute Gasteiger partial charge is 0.356 e. The summed E-state index contributed by atoms with van der Waals surface area (Å²) in [5.41, 5.74) is 0.214. The number of nitrogens with zero attached hydrogens (tertiary/aromatic N) is 4. The van der Waals surface area contributed by atoms with E-state index < -0.39 is 11.7 Å². The van der Waals surface area contributed by atoms with E-state index in [2.05, 4.69) is 20.4 Å². The average molecular weight is 476 g/mol. The van der Waals surface area contributed by atoms with Gasteiger partial charge in [0, 0.05) is 49.2 Å². The lowest BCUT2D eigenvalue weighted by Gasteiger charge is -2.31. The molecule has 2 atom stereocenters. The minimum absolute atomic E-state index is 0.105. The number of imidazole rings is 1. The van der Waals surface area contributed by atoms with Gasteiger partial charge in [0.25, 0.3) is 0 Å². The third kappa shape index (κ3) is 5.11. The molecule has 1 unspecified atom stereocenters. The number of aromatic nitrogens is 3. The lowest BCUT2D eigenvalue weighted by Crippen LogP contribution is -2.35. The number of nitrogens with one attached hydrogen (secondary N) is 1. The summed E-state index contributed by atoms with van der Waals surface area (Å²) in [7, 11) is 0. The molecule has 1 aromatic carbocycles. The normalized spacial score (nSPS) is 21.7. The minimum Gasteiger partial charge on any atom is -0.356 e. The van der Waals surface area contributed by atoms with E-state index in [-0.39, 0.29) is 23.3 Å². The van der Waals surface area contributed by atoms with Crippen LogP contribution in [-0.2, 0) is 17.5 Å². The molecule has 0 radical (unpaired) electrons. The fourth-order valence-electron chi connectivity index (χ4n) is 4.94. The highest BCUT2D eigenvalue weighted by Crippen LogP contribution is 2.41. The van der Waals surface area contributed by atoms with Crippen molar-refractivity contribution in [2.75, 3.05) is 26.2 Å². The number of hydrogen-bond donors (Lipinski definition) is 1. The van der Waals surface area contributed by atoms with E-state index in [1.807, 2.05) is 10.8 Å².